The zero-order valence-electron chi connectivity index (χ0n) is 10.2. The van der Waals surface area contributed by atoms with Gasteiger partial charge in [-0.05, 0) is 31.0 Å². The van der Waals surface area contributed by atoms with E-state index >= 15 is 0 Å². The maximum Gasteiger partial charge on any atom is 0.317 e. The fourth-order valence-electron chi connectivity index (χ4n) is 1.62. The molecular formula is C13H18ClNO2. The lowest BCUT2D eigenvalue weighted by atomic mass is 10.1. The molecule has 0 heterocycles. The number of nitrogens with zero attached hydrogens (tertiary/aromatic N) is 1. The van der Waals surface area contributed by atoms with Gasteiger partial charge in [0.2, 0.25) is 0 Å². The lowest BCUT2D eigenvalue weighted by Gasteiger charge is -2.26. The van der Waals surface area contributed by atoms with Gasteiger partial charge in [0.1, 0.15) is 0 Å². The number of halogens is 1. The number of carbonyl (C=O) groups is 1. The van der Waals surface area contributed by atoms with Crippen LogP contribution in [0.2, 0.25) is 5.02 Å². The summed E-state index contributed by atoms with van der Waals surface area (Å²) in [4.78, 5) is 12.8. The van der Waals surface area contributed by atoms with Crippen LogP contribution in [0.15, 0.2) is 24.3 Å². The first-order valence-corrected chi connectivity index (χ1v) is 6.11. The molecule has 0 radical (unpaired) electrons. The highest BCUT2D eigenvalue weighted by atomic mass is 35.5. The van der Waals surface area contributed by atoms with Crippen LogP contribution in [0.5, 0.6) is 0 Å². The second-order valence-corrected chi connectivity index (χ2v) is 4.62. The third kappa shape index (κ3) is 4.75. The SMILES string of the molecule is CCC(C)N(CC(=O)O)Cc1ccc(Cl)cc1. The normalized spacial score (nSPS) is 12.7. The van der Waals surface area contributed by atoms with E-state index in [9.17, 15) is 4.79 Å². The fourth-order valence-corrected chi connectivity index (χ4v) is 1.75. The molecule has 1 atom stereocenters. The van der Waals surface area contributed by atoms with Gasteiger partial charge in [0.05, 0.1) is 6.54 Å². The molecule has 1 unspecified atom stereocenters. The monoisotopic (exact) mass is 255 g/mol. The number of rotatable bonds is 6. The molecule has 0 bridgehead atoms. The molecule has 94 valence electrons. The Hall–Kier alpha value is -1.06. The molecule has 1 aromatic rings. The fraction of sp³-hybridized carbons (Fsp3) is 0.462. The van der Waals surface area contributed by atoms with Crippen molar-refractivity contribution in [2.75, 3.05) is 6.54 Å². The van der Waals surface area contributed by atoms with Crippen molar-refractivity contribution in [3.63, 3.8) is 0 Å². The standard InChI is InChI=1S/C13H18ClNO2/c1-3-10(2)15(9-13(16)17)8-11-4-6-12(14)7-5-11/h4-7,10H,3,8-9H2,1-2H3,(H,16,17). The first-order chi connectivity index (χ1) is 8.02. The summed E-state index contributed by atoms with van der Waals surface area (Å²) in [6, 6.07) is 7.76. The topological polar surface area (TPSA) is 40.5 Å². The molecule has 0 aliphatic carbocycles. The van der Waals surface area contributed by atoms with E-state index in [0.717, 1.165) is 12.0 Å². The Morgan fingerprint density at radius 3 is 2.47 bits per heavy atom. The van der Waals surface area contributed by atoms with Crippen molar-refractivity contribution in [2.45, 2.75) is 32.9 Å². The molecule has 0 fully saturated rings. The van der Waals surface area contributed by atoms with E-state index < -0.39 is 5.97 Å². The molecule has 0 saturated carbocycles. The highest BCUT2D eigenvalue weighted by Crippen LogP contribution is 2.13. The van der Waals surface area contributed by atoms with Crippen LogP contribution in [0.1, 0.15) is 25.8 Å². The Labute approximate surface area is 107 Å². The van der Waals surface area contributed by atoms with E-state index in [1.54, 1.807) is 0 Å². The van der Waals surface area contributed by atoms with Gasteiger partial charge in [0, 0.05) is 17.6 Å². The largest absolute Gasteiger partial charge is 0.480 e. The molecule has 0 amide bonds. The highest BCUT2D eigenvalue weighted by Gasteiger charge is 2.15. The van der Waals surface area contributed by atoms with Gasteiger partial charge in [-0.25, -0.2) is 0 Å². The van der Waals surface area contributed by atoms with Gasteiger partial charge in [0.25, 0.3) is 0 Å². The molecule has 0 spiro atoms. The summed E-state index contributed by atoms with van der Waals surface area (Å²) in [5.41, 5.74) is 1.08. The van der Waals surface area contributed by atoms with Gasteiger partial charge in [-0.1, -0.05) is 30.7 Å². The van der Waals surface area contributed by atoms with E-state index in [-0.39, 0.29) is 12.6 Å². The molecule has 3 nitrogen and oxygen atoms in total. The maximum absolute atomic E-state index is 10.8. The Morgan fingerprint density at radius 2 is 2.00 bits per heavy atom. The summed E-state index contributed by atoms with van der Waals surface area (Å²) in [6.07, 6.45) is 0.931. The predicted octanol–water partition coefficient (Wildman–Crippen LogP) is 3.03. The Balaban J connectivity index is 2.71. The van der Waals surface area contributed by atoms with E-state index in [1.807, 2.05) is 36.1 Å². The molecular weight excluding hydrogens is 238 g/mol. The smallest absolute Gasteiger partial charge is 0.317 e. The van der Waals surface area contributed by atoms with Crippen LogP contribution in [0.3, 0.4) is 0 Å². The first kappa shape index (κ1) is 14.0. The molecule has 17 heavy (non-hydrogen) atoms. The molecule has 0 aliphatic rings. The summed E-state index contributed by atoms with van der Waals surface area (Å²) in [5, 5.41) is 9.58. The average molecular weight is 256 g/mol. The molecule has 1 N–H and O–H groups in total. The lowest BCUT2D eigenvalue weighted by Crippen LogP contribution is -2.36. The second kappa shape index (κ2) is 6.62. The van der Waals surface area contributed by atoms with Crippen LogP contribution in [0.25, 0.3) is 0 Å². The average Bonchev–Trinajstić information content (AvgIpc) is 2.29. The zero-order chi connectivity index (χ0) is 12.8. The second-order valence-electron chi connectivity index (χ2n) is 4.18. The summed E-state index contributed by atoms with van der Waals surface area (Å²) < 4.78 is 0. The van der Waals surface area contributed by atoms with Crippen molar-refractivity contribution in [1.29, 1.82) is 0 Å². The number of aliphatic carboxylic acids is 1. The summed E-state index contributed by atoms with van der Waals surface area (Å²) in [7, 11) is 0. The van der Waals surface area contributed by atoms with Gasteiger partial charge in [-0.2, -0.15) is 0 Å². The van der Waals surface area contributed by atoms with Crippen molar-refractivity contribution in [1.82, 2.24) is 4.90 Å². The maximum atomic E-state index is 10.8. The van der Waals surface area contributed by atoms with Gasteiger partial charge in [0.15, 0.2) is 0 Å². The van der Waals surface area contributed by atoms with Crippen molar-refractivity contribution in [3.05, 3.63) is 34.9 Å². The molecule has 1 rings (SSSR count). The van der Waals surface area contributed by atoms with Crippen LogP contribution < -0.4 is 0 Å². The Bertz CT molecular complexity index is 364. The van der Waals surface area contributed by atoms with Crippen molar-refractivity contribution < 1.29 is 9.90 Å². The van der Waals surface area contributed by atoms with E-state index in [4.69, 9.17) is 16.7 Å². The molecule has 4 heteroatoms. The molecule has 0 aliphatic heterocycles. The minimum absolute atomic E-state index is 0.0671. The third-order valence-electron chi connectivity index (χ3n) is 2.85. The van der Waals surface area contributed by atoms with Crippen LogP contribution >= 0.6 is 11.6 Å². The Kier molecular flexibility index (Phi) is 5.45. The lowest BCUT2D eigenvalue weighted by molar-refractivity contribution is -0.139. The number of benzene rings is 1. The van der Waals surface area contributed by atoms with Crippen LogP contribution in [0, 0.1) is 0 Å². The number of hydrogen-bond acceptors (Lipinski definition) is 2. The highest BCUT2D eigenvalue weighted by molar-refractivity contribution is 6.30. The van der Waals surface area contributed by atoms with Crippen LogP contribution in [-0.2, 0) is 11.3 Å². The van der Waals surface area contributed by atoms with E-state index in [1.165, 1.54) is 0 Å². The number of carboxylic acid groups (broad SMARTS) is 1. The number of hydrogen-bond donors (Lipinski definition) is 1. The van der Waals surface area contributed by atoms with Gasteiger partial charge in [-0.15, -0.1) is 0 Å². The third-order valence-corrected chi connectivity index (χ3v) is 3.10. The minimum Gasteiger partial charge on any atom is -0.480 e. The van der Waals surface area contributed by atoms with Gasteiger partial charge < -0.3 is 5.11 Å². The molecule has 1 aromatic carbocycles. The van der Waals surface area contributed by atoms with Crippen molar-refractivity contribution in [2.24, 2.45) is 0 Å². The first-order valence-electron chi connectivity index (χ1n) is 5.73. The van der Waals surface area contributed by atoms with Gasteiger partial charge >= 0.3 is 5.97 Å². The quantitative estimate of drug-likeness (QED) is 0.850. The number of carboxylic acids is 1. The van der Waals surface area contributed by atoms with E-state index in [2.05, 4.69) is 6.92 Å². The van der Waals surface area contributed by atoms with Crippen molar-refractivity contribution in [3.8, 4) is 0 Å². The molecule has 0 aromatic heterocycles. The van der Waals surface area contributed by atoms with E-state index in [0.29, 0.717) is 11.6 Å². The summed E-state index contributed by atoms with van der Waals surface area (Å²) >= 11 is 5.81. The van der Waals surface area contributed by atoms with Crippen molar-refractivity contribution >= 4 is 17.6 Å². The summed E-state index contributed by atoms with van der Waals surface area (Å²) in [6.45, 7) is 4.80. The molecule has 0 saturated heterocycles. The van der Waals surface area contributed by atoms with Gasteiger partial charge in [-0.3, -0.25) is 9.69 Å². The Morgan fingerprint density at radius 1 is 1.41 bits per heavy atom. The predicted molar refractivity (Wildman–Crippen MR) is 69.3 cm³/mol. The minimum atomic E-state index is -0.792. The van der Waals surface area contributed by atoms with Crippen LogP contribution in [0.4, 0.5) is 0 Å². The summed E-state index contributed by atoms with van der Waals surface area (Å²) in [5.74, 6) is -0.792. The van der Waals surface area contributed by atoms with Crippen LogP contribution in [-0.4, -0.2) is 28.6 Å². The zero-order valence-corrected chi connectivity index (χ0v) is 10.9.